The van der Waals surface area contributed by atoms with E-state index in [9.17, 15) is 14.7 Å². The summed E-state index contributed by atoms with van der Waals surface area (Å²) in [5, 5.41) is 9.93. The monoisotopic (exact) mass is 477 g/mol. The number of amides is 1. The van der Waals surface area contributed by atoms with E-state index in [1.165, 1.54) is 11.9 Å². The third-order valence-electron chi connectivity index (χ3n) is 6.84. The van der Waals surface area contributed by atoms with Gasteiger partial charge in [0, 0.05) is 19.4 Å². The van der Waals surface area contributed by atoms with E-state index >= 15 is 0 Å². The number of carboxylic acid groups (broad SMARTS) is 1. The van der Waals surface area contributed by atoms with E-state index in [1.54, 1.807) is 0 Å². The zero-order chi connectivity index (χ0) is 25.1. The summed E-state index contributed by atoms with van der Waals surface area (Å²) in [5.41, 5.74) is 7.40. The summed E-state index contributed by atoms with van der Waals surface area (Å²) in [4.78, 5) is 26.3. The molecule has 4 aromatic carbocycles. The summed E-state index contributed by atoms with van der Waals surface area (Å²) in [6.45, 7) is 0.146. The second-order valence-electron chi connectivity index (χ2n) is 9.04. The molecule has 0 unspecified atom stereocenters. The molecule has 0 aromatic heterocycles. The van der Waals surface area contributed by atoms with Crippen molar-refractivity contribution >= 4 is 12.1 Å². The van der Waals surface area contributed by atoms with Crippen molar-refractivity contribution in [1.29, 1.82) is 0 Å². The number of carbonyl (C=O) groups excluding carboxylic acids is 1. The molecule has 0 bridgehead atoms. The van der Waals surface area contributed by atoms with Crippen molar-refractivity contribution in [3.63, 3.8) is 0 Å². The number of fused-ring (bicyclic) bond motifs is 3. The predicted molar refractivity (Wildman–Crippen MR) is 140 cm³/mol. The van der Waals surface area contributed by atoms with Gasteiger partial charge >= 0.3 is 12.1 Å². The number of carbonyl (C=O) groups is 2. The molecule has 1 aliphatic rings. The Morgan fingerprint density at radius 1 is 0.806 bits per heavy atom. The van der Waals surface area contributed by atoms with Gasteiger partial charge < -0.3 is 9.84 Å². The average Bonchev–Trinajstić information content (AvgIpc) is 3.24. The molecule has 0 aliphatic heterocycles. The van der Waals surface area contributed by atoms with Gasteiger partial charge in [0.1, 0.15) is 12.6 Å². The molecule has 180 valence electrons. The van der Waals surface area contributed by atoms with Crippen LogP contribution in [0.2, 0.25) is 0 Å². The molecule has 0 saturated carbocycles. The minimum atomic E-state index is -1.07. The third-order valence-corrected chi connectivity index (χ3v) is 6.84. The fourth-order valence-electron chi connectivity index (χ4n) is 4.94. The molecular weight excluding hydrogens is 450 g/mol. The molecule has 1 aliphatic carbocycles. The van der Waals surface area contributed by atoms with Crippen molar-refractivity contribution in [1.82, 2.24) is 4.90 Å². The van der Waals surface area contributed by atoms with Crippen molar-refractivity contribution in [2.75, 3.05) is 13.7 Å². The summed E-state index contributed by atoms with van der Waals surface area (Å²) >= 11 is 0. The lowest BCUT2D eigenvalue weighted by atomic mass is 9.98. The lowest BCUT2D eigenvalue weighted by Gasteiger charge is -2.25. The Morgan fingerprint density at radius 2 is 1.39 bits per heavy atom. The summed E-state index contributed by atoms with van der Waals surface area (Å²) < 4.78 is 5.69. The molecule has 0 radical (unpaired) electrons. The molecular formula is C31H27NO4. The van der Waals surface area contributed by atoms with E-state index in [1.807, 2.05) is 78.9 Å². The van der Waals surface area contributed by atoms with Gasteiger partial charge in [0.05, 0.1) is 0 Å². The summed E-state index contributed by atoms with van der Waals surface area (Å²) in [6, 6.07) is 32.8. The van der Waals surface area contributed by atoms with E-state index in [-0.39, 0.29) is 18.9 Å². The van der Waals surface area contributed by atoms with Crippen LogP contribution in [0.1, 0.15) is 22.6 Å². The van der Waals surface area contributed by atoms with Gasteiger partial charge in [-0.2, -0.15) is 0 Å². The highest BCUT2D eigenvalue weighted by molar-refractivity contribution is 5.81. The molecule has 0 heterocycles. The van der Waals surface area contributed by atoms with Crippen LogP contribution in [-0.2, 0) is 16.0 Å². The van der Waals surface area contributed by atoms with Gasteiger partial charge in [0.2, 0.25) is 0 Å². The van der Waals surface area contributed by atoms with Crippen molar-refractivity contribution in [2.24, 2.45) is 0 Å². The number of likely N-dealkylation sites (N-methyl/N-ethyl adjacent to an activating group) is 1. The zero-order valence-corrected chi connectivity index (χ0v) is 20.0. The fraction of sp³-hybridized carbons (Fsp3) is 0.161. The van der Waals surface area contributed by atoms with Crippen LogP contribution in [0.25, 0.3) is 22.3 Å². The number of nitrogens with zero attached hydrogens (tertiary/aromatic N) is 1. The van der Waals surface area contributed by atoms with Crippen molar-refractivity contribution in [3.05, 3.63) is 120 Å². The van der Waals surface area contributed by atoms with Crippen LogP contribution in [0, 0.1) is 0 Å². The minimum absolute atomic E-state index is 0.0828. The molecule has 0 spiro atoms. The molecule has 4 aromatic rings. The number of benzene rings is 4. The van der Waals surface area contributed by atoms with Gasteiger partial charge in [0.15, 0.2) is 0 Å². The van der Waals surface area contributed by atoms with Gasteiger partial charge in [-0.15, -0.1) is 0 Å². The van der Waals surface area contributed by atoms with Crippen LogP contribution >= 0.6 is 0 Å². The molecule has 1 atom stereocenters. The normalized spacial score (nSPS) is 12.9. The summed E-state index contributed by atoms with van der Waals surface area (Å²) in [7, 11) is 1.48. The first-order valence-electron chi connectivity index (χ1n) is 12.0. The molecule has 1 N–H and O–H groups in total. The van der Waals surface area contributed by atoms with Crippen LogP contribution in [0.5, 0.6) is 0 Å². The Labute approximate surface area is 210 Å². The van der Waals surface area contributed by atoms with E-state index in [2.05, 4.69) is 24.3 Å². The summed E-state index contributed by atoms with van der Waals surface area (Å²) in [5.74, 6) is -1.16. The lowest BCUT2D eigenvalue weighted by molar-refractivity contribution is -0.142. The number of ether oxygens (including phenoxy) is 1. The highest BCUT2D eigenvalue weighted by Crippen LogP contribution is 2.44. The number of aliphatic carboxylic acids is 1. The fourth-order valence-corrected chi connectivity index (χ4v) is 4.94. The summed E-state index contributed by atoms with van der Waals surface area (Å²) in [6.07, 6.45) is -0.472. The van der Waals surface area contributed by atoms with Crippen LogP contribution in [-0.4, -0.2) is 41.8 Å². The second-order valence-corrected chi connectivity index (χ2v) is 9.04. The highest BCUT2D eigenvalue weighted by atomic mass is 16.6. The minimum Gasteiger partial charge on any atom is -0.480 e. The largest absolute Gasteiger partial charge is 0.480 e. The molecule has 5 rings (SSSR count). The van der Waals surface area contributed by atoms with E-state index in [0.29, 0.717) is 0 Å². The van der Waals surface area contributed by atoms with E-state index in [4.69, 9.17) is 4.74 Å². The topological polar surface area (TPSA) is 66.8 Å². The first-order chi connectivity index (χ1) is 17.5. The average molecular weight is 478 g/mol. The highest BCUT2D eigenvalue weighted by Gasteiger charge is 2.32. The molecule has 36 heavy (non-hydrogen) atoms. The number of hydrogen-bond donors (Lipinski definition) is 1. The standard InChI is InChI=1S/C31H27NO4/c1-32(29(30(33)34)19-21-10-9-13-23(18-21)22-11-3-2-4-12-22)31(35)36-20-28-26-16-7-5-14-24(26)25-15-6-8-17-27(25)28/h2-18,28-29H,19-20H2,1H3,(H,33,34)/t29-/m0/s1. The van der Waals surface area contributed by atoms with Crippen molar-refractivity contribution in [2.45, 2.75) is 18.4 Å². The van der Waals surface area contributed by atoms with Crippen molar-refractivity contribution in [3.8, 4) is 22.3 Å². The smallest absolute Gasteiger partial charge is 0.410 e. The Morgan fingerprint density at radius 3 is 2.03 bits per heavy atom. The molecule has 5 nitrogen and oxygen atoms in total. The van der Waals surface area contributed by atoms with Gasteiger partial charge in [-0.05, 0) is 38.9 Å². The van der Waals surface area contributed by atoms with Crippen LogP contribution in [0.15, 0.2) is 103 Å². The SMILES string of the molecule is CN(C(=O)OCC1c2ccccc2-c2ccccc21)[C@@H](Cc1cccc(-c2ccccc2)c1)C(=O)O. The Hall–Kier alpha value is -4.38. The maximum absolute atomic E-state index is 13.0. The van der Waals surface area contributed by atoms with Crippen LogP contribution in [0.4, 0.5) is 4.79 Å². The lowest BCUT2D eigenvalue weighted by Crippen LogP contribution is -2.44. The van der Waals surface area contributed by atoms with Gasteiger partial charge in [-0.1, -0.05) is 103 Å². The van der Waals surface area contributed by atoms with E-state index in [0.717, 1.165) is 38.9 Å². The van der Waals surface area contributed by atoms with E-state index < -0.39 is 18.1 Å². The third kappa shape index (κ3) is 4.60. The number of hydrogen-bond acceptors (Lipinski definition) is 3. The Kier molecular flexibility index (Phi) is 6.54. The molecule has 0 fully saturated rings. The maximum atomic E-state index is 13.0. The molecule has 0 saturated heterocycles. The van der Waals surface area contributed by atoms with Crippen molar-refractivity contribution < 1.29 is 19.4 Å². The van der Waals surface area contributed by atoms with Gasteiger partial charge in [0.25, 0.3) is 0 Å². The first-order valence-corrected chi connectivity index (χ1v) is 12.0. The predicted octanol–water partition coefficient (Wildman–Crippen LogP) is 6.23. The zero-order valence-electron chi connectivity index (χ0n) is 20.0. The van der Waals surface area contributed by atoms with Crippen LogP contribution < -0.4 is 0 Å². The van der Waals surface area contributed by atoms with Gasteiger partial charge in [-0.25, -0.2) is 9.59 Å². The quantitative estimate of drug-likeness (QED) is 0.343. The first kappa shape index (κ1) is 23.4. The molecule has 1 amide bonds. The molecule has 5 heteroatoms. The number of carboxylic acids is 1. The van der Waals surface area contributed by atoms with Crippen LogP contribution in [0.3, 0.4) is 0 Å². The van der Waals surface area contributed by atoms with Gasteiger partial charge in [-0.3, -0.25) is 4.90 Å². The maximum Gasteiger partial charge on any atom is 0.410 e. The number of rotatable bonds is 7. The second kappa shape index (κ2) is 10.1. The Bertz CT molecular complexity index is 1350. The Balaban J connectivity index is 1.30.